The summed E-state index contributed by atoms with van der Waals surface area (Å²) in [6.45, 7) is 5.64. The molecule has 41 valence electrons. The largest absolute Gasteiger partial charge is 0.248 e. The molecule has 0 aliphatic carbocycles. The van der Waals surface area contributed by atoms with Gasteiger partial charge < -0.3 is 0 Å². The van der Waals surface area contributed by atoms with Crippen LogP contribution < -0.4 is 5.73 Å². The van der Waals surface area contributed by atoms with Gasteiger partial charge in [0.15, 0.2) is 0 Å². The van der Waals surface area contributed by atoms with Gasteiger partial charge in [0.1, 0.15) is 0 Å². The van der Waals surface area contributed by atoms with Gasteiger partial charge >= 0.3 is 0 Å². The Morgan fingerprint density at radius 3 is 1.86 bits per heavy atom. The van der Waals surface area contributed by atoms with Gasteiger partial charge in [0.05, 0.1) is 0 Å². The quantitative estimate of drug-likeness (QED) is 0.445. The Balaban J connectivity index is 3.56. The lowest BCUT2D eigenvalue weighted by molar-refractivity contribution is 0.629. The molecular formula is C6H12N. The average Bonchev–Trinajstić information content (AvgIpc) is 1.30. The maximum Gasteiger partial charge on any atom is 0.0446 e. The second kappa shape index (κ2) is 2.12. The third kappa shape index (κ3) is 5.70. The molecule has 1 radical (unpaired) electrons. The molecule has 0 aliphatic heterocycles. The summed E-state index contributed by atoms with van der Waals surface area (Å²) in [5.41, 5.74) is 6.86. The molecule has 0 spiro atoms. The van der Waals surface area contributed by atoms with Gasteiger partial charge in [-0.1, -0.05) is 12.2 Å². The highest BCUT2D eigenvalue weighted by Gasteiger charge is 2.02. The summed E-state index contributed by atoms with van der Waals surface area (Å²) >= 11 is 0. The van der Waals surface area contributed by atoms with E-state index >= 15 is 0 Å². The van der Waals surface area contributed by atoms with Gasteiger partial charge in [0, 0.05) is 5.54 Å². The first kappa shape index (κ1) is 6.70. The third-order valence-electron chi connectivity index (χ3n) is 0.583. The smallest absolute Gasteiger partial charge is 0.0446 e. The summed E-state index contributed by atoms with van der Waals surface area (Å²) in [5, 5.41) is 0. The van der Waals surface area contributed by atoms with Crippen LogP contribution in [0.2, 0.25) is 0 Å². The molecule has 1 N–H and O–H groups in total. The van der Waals surface area contributed by atoms with Crippen LogP contribution in [0.1, 0.15) is 20.8 Å². The zero-order valence-electron chi connectivity index (χ0n) is 5.15. The minimum absolute atomic E-state index is 0.380. The van der Waals surface area contributed by atoms with E-state index in [0.717, 1.165) is 0 Å². The molecule has 0 rings (SSSR count). The van der Waals surface area contributed by atoms with Crippen molar-refractivity contribution in [3.05, 3.63) is 12.2 Å². The summed E-state index contributed by atoms with van der Waals surface area (Å²) < 4.78 is 0. The lowest BCUT2D eigenvalue weighted by Crippen LogP contribution is -2.16. The van der Waals surface area contributed by atoms with Crippen LogP contribution in [0.3, 0.4) is 0 Å². The first-order chi connectivity index (χ1) is 3.06. The summed E-state index contributed by atoms with van der Waals surface area (Å²) in [5.74, 6) is 0. The SMILES string of the molecule is CC=CC(C)(C)[NH]. The molecule has 0 aromatic heterocycles. The van der Waals surface area contributed by atoms with Crippen molar-refractivity contribution < 1.29 is 0 Å². The van der Waals surface area contributed by atoms with Crippen molar-refractivity contribution >= 4 is 0 Å². The molecule has 0 aromatic rings. The van der Waals surface area contributed by atoms with Crippen molar-refractivity contribution in [1.29, 1.82) is 0 Å². The highest BCUT2D eigenvalue weighted by molar-refractivity contribution is 4.95. The fourth-order valence-corrected chi connectivity index (χ4v) is 0.417. The number of hydrogen-bond acceptors (Lipinski definition) is 0. The maximum atomic E-state index is 7.24. The molecule has 1 nitrogen and oxygen atoms in total. The summed E-state index contributed by atoms with van der Waals surface area (Å²) in [7, 11) is 0. The molecule has 0 bridgehead atoms. The highest BCUT2D eigenvalue weighted by Crippen LogP contribution is 1.99. The lowest BCUT2D eigenvalue weighted by atomic mass is 10.1. The molecule has 0 aromatic carbocycles. The Hall–Kier alpha value is -0.300. The first-order valence-electron chi connectivity index (χ1n) is 2.45. The molecular weight excluding hydrogens is 86.1 g/mol. The van der Waals surface area contributed by atoms with Crippen molar-refractivity contribution in [2.45, 2.75) is 26.3 Å². The second-order valence-corrected chi connectivity index (χ2v) is 2.22. The fraction of sp³-hybridized carbons (Fsp3) is 0.667. The van der Waals surface area contributed by atoms with Crippen LogP contribution in [0.4, 0.5) is 0 Å². The third-order valence-corrected chi connectivity index (χ3v) is 0.583. The summed E-state index contributed by atoms with van der Waals surface area (Å²) in [6, 6.07) is 0. The predicted octanol–water partition coefficient (Wildman–Crippen LogP) is 1.62. The molecule has 0 atom stereocenters. The zero-order chi connectivity index (χ0) is 5.91. The van der Waals surface area contributed by atoms with Gasteiger partial charge in [-0.3, -0.25) is 0 Å². The Kier molecular flexibility index (Phi) is 2.03. The molecule has 7 heavy (non-hydrogen) atoms. The van der Waals surface area contributed by atoms with E-state index < -0.39 is 0 Å². The van der Waals surface area contributed by atoms with E-state index in [0.29, 0.717) is 0 Å². The van der Waals surface area contributed by atoms with E-state index in [1.807, 2.05) is 32.9 Å². The minimum Gasteiger partial charge on any atom is -0.248 e. The monoisotopic (exact) mass is 98.1 g/mol. The van der Waals surface area contributed by atoms with E-state index in [9.17, 15) is 0 Å². The standard InChI is InChI=1S/C6H12N/c1-4-5-6(2,3)7/h4-5,7H,1-3H3. The highest BCUT2D eigenvalue weighted by atomic mass is 14.7. The normalized spacial score (nSPS) is 13.1. The van der Waals surface area contributed by atoms with E-state index in [-0.39, 0.29) is 5.54 Å². The van der Waals surface area contributed by atoms with Crippen LogP contribution in [0.25, 0.3) is 0 Å². The van der Waals surface area contributed by atoms with Crippen LogP contribution >= 0.6 is 0 Å². The van der Waals surface area contributed by atoms with Crippen LogP contribution in [0.5, 0.6) is 0 Å². The molecule has 0 saturated heterocycles. The van der Waals surface area contributed by atoms with Gasteiger partial charge in [-0.25, -0.2) is 5.73 Å². The molecule has 1 heteroatoms. The van der Waals surface area contributed by atoms with Gasteiger partial charge in [-0.05, 0) is 20.8 Å². The van der Waals surface area contributed by atoms with Crippen molar-refractivity contribution in [2.75, 3.05) is 0 Å². The van der Waals surface area contributed by atoms with Crippen LogP contribution in [-0.2, 0) is 0 Å². The van der Waals surface area contributed by atoms with E-state index in [1.54, 1.807) is 0 Å². The molecule has 0 aliphatic rings. The first-order valence-corrected chi connectivity index (χ1v) is 2.45. The molecule has 0 fully saturated rings. The Morgan fingerprint density at radius 1 is 1.43 bits per heavy atom. The number of nitrogens with one attached hydrogen (secondary N) is 1. The number of allylic oxidation sites excluding steroid dienone is 1. The second-order valence-electron chi connectivity index (χ2n) is 2.22. The van der Waals surface area contributed by atoms with E-state index in [2.05, 4.69) is 0 Å². The van der Waals surface area contributed by atoms with Crippen LogP contribution in [-0.4, -0.2) is 5.54 Å². The summed E-state index contributed by atoms with van der Waals surface area (Å²) in [4.78, 5) is 0. The minimum atomic E-state index is -0.380. The predicted molar refractivity (Wildman–Crippen MR) is 32.0 cm³/mol. The number of hydrogen-bond donors (Lipinski definition) is 0. The van der Waals surface area contributed by atoms with Gasteiger partial charge in [-0.2, -0.15) is 0 Å². The molecule has 0 unspecified atom stereocenters. The summed E-state index contributed by atoms with van der Waals surface area (Å²) in [6.07, 6.45) is 3.75. The zero-order valence-corrected chi connectivity index (χ0v) is 5.15. The van der Waals surface area contributed by atoms with Crippen LogP contribution in [0, 0.1) is 0 Å². The average molecular weight is 98.2 g/mol. The Bertz CT molecular complexity index is 66.7. The van der Waals surface area contributed by atoms with Gasteiger partial charge in [-0.15, -0.1) is 0 Å². The fourth-order valence-electron chi connectivity index (χ4n) is 0.417. The van der Waals surface area contributed by atoms with Crippen molar-refractivity contribution in [1.82, 2.24) is 5.73 Å². The Morgan fingerprint density at radius 2 is 1.86 bits per heavy atom. The van der Waals surface area contributed by atoms with Gasteiger partial charge in [0.25, 0.3) is 0 Å². The maximum absolute atomic E-state index is 7.24. The molecule has 0 amide bonds. The van der Waals surface area contributed by atoms with Gasteiger partial charge in [0.2, 0.25) is 0 Å². The van der Waals surface area contributed by atoms with Crippen molar-refractivity contribution in [3.8, 4) is 0 Å². The van der Waals surface area contributed by atoms with E-state index in [1.165, 1.54) is 0 Å². The van der Waals surface area contributed by atoms with E-state index in [4.69, 9.17) is 5.73 Å². The van der Waals surface area contributed by atoms with Crippen molar-refractivity contribution in [3.63, 3.8) is 0 Å². The number of rotatable bonds is 1. The lowest BCUT2D eigenvalue weighted by Gasteiger charge is -2.08. The van der Waals surface area contributed by atoms with Crippen molar-refractivity contribution in [2.24, 2.45) is 0 Å². The topological polar surface area (TPSA) is 23.8 Å². The molecule has 0 heterocycles. The van der Waals surface area contributed by atoms with Crippen LogP contribution in [0.15, 0.2) is 12.2 Å². The molecule has 0 saturated carbocycles. The Labute approximate surface area is 45.2 Å².